The van der Waals surface area contributed by atoms with E-state index in [2.05, 4.69) is 0 Å². The summed E-state index contributed by atoms with van der Waals surface area (Å²) in [6, 6.07) is 9.03. The molecule has 0 aliphatic carbocycles. The lowest BCUT2D eigenvalue weighted by molar-refractivity contribution is 0.0815. The maximum atomic E-state index is 11.7. The Morgan fingerprint density at radius 1 is 1.43 bits per heavy atom. The first-order chi connectivity index (χ1) is 6.61. The van der Waals surface area contributed by atoms with Gasteiger partial charge in [-0.3, -0.25) is 4.79 Å². The van der Waals surface area contributed by atoms with Gasteiger partial charge in [-0.25, -0.2) is 0 Å². The van der Waals surface area contributed by atoms with E-state index in [4.69, 9.17) is 18.0 Å². The first kappa shape index (κ1) is 10.7. The van der Waals surface area contributed by atoms with E-state index in [0.717, 1.165) is 0 Å². The van der Waals surface area contributed by atoms with Crippen LogP contribution >= 0.6 is 12.2 Å². The molecule has 0 bridgehead atoms. The zero-order valence-corrected chi connectivity index (χ0v) is 8.75. The molecule has 0 saturated carbocycles. The molecule has 3 nitrogen and oxygen atoms in total. The van der Waals surface area contributed by atoms with Gasteiger partial charge in [-0.15, -0.1) is 0 Å². The van der Waals surface area contributed by atoms with Crippen LogP contribution in [0.25, 0.3) is 0 Å². The van der Waals surface area contributed by atoms with E-state index in [0.29, 0.717) is 17.1 Å². The monoisotopic (exact) mass is 208 g/mol. The predicted molar refractivity (Wildman–Crippen MR) is 60.2 cm³/mol. The second-order valence-corrected chi connectivity index (χ2v) is 3.52. The molecule has 0 aliphatic heterocycles. The van der Waals surface area contributed by atoms with E-state index in [9.17, 15) is 4.79 Å². The fourth-order valence-corrected chi connectivity index (χ4v) is 1.30. The first-order valence-electron chi connectivity index (χ1n) is 4.20. The van der Waals surface area contributed by atoms with Crippen LogP contribution in [0, 0.1) is 0 Å². The Bertz CT molecular complexity index is 337. The average molecular weight is 208 g/mol. The largest absolute Gasteiger partial charge is 0.392 e. The smallest absolute Gasteiger partial charge is 0.253 e. The number of hydrogen-bond acceptors (Lipinski definition) is 2. The number of nitrogens with two attached hydrogens (primary N) is 1. The number of carbonyl (C=O) groups excluding carboxylic acids is 1. The predicted octanol–water partition coefficient (Wildman–Crippen LogP) is 1.04. The molecule has 1 aromatic carbocycles. The van der Waals surface area contributed by atoms with Crippen LogP contribution in [-0.4, -0.2) is 29.4 Å². The zero-order chi connectivity index (χ0) is 10.6. The number of hydrogen-bond donors (Lipinski definition) is 1. The van der Waals surface area contributed by atoms with Gasteiger partial charge in [0.05, 0.1) is 11.5 Å². The third kappa shape index (κ3) is 2.81. The summed E-state index contributed by atoms with van der Waals surface area (Å²) in [5.41, 5.74) is 5.99. The highest BCUT2D eigenvalue weighted by Gasteiger charge is 2.10. The Labute approximate surface area is 88.5 Å². The van der Waals surface area contributed by atoms with Gasteiger partial charge in [0.25, 0.3) is 5.91 Å². The summed E-state index contributed by atoms with van der Waals surface area (Å²) in [6.07, 6.45) is 0. The van der Waals surface area contributed by atoms with E-state index < -0.39 is 0 Å². The lowest BCUT2D eigenvalue weighted by Gasteiger charge is -2.15. The van der Waals surface area contributed by atoms with Crippen molar-refractivity contribution < 1.29 is 4.79 Å². The molecule has 0 spiro atoms. The normalized spacial score (nSPS) is 9.50. The summed E-state index contributed by atoms with van der Waals surface area (Å²) in [4.78, 5) is 13.5. The van der Waals surface area contributed by atoms with Gasteiger partial charge >= 0.3 is 0 Å². The van der Waals surface area contributed by atoms with E-state index in [1.165, 1.54) is 4.90 Å². The quantitative estimate of drug-likeness (QED) is 0.755. The van der Waals surface area contributed by atoms with Gasteiger partial charge in [0.2, 0.25) is 0 Å². The van der Waals surface area contributed by atoms with Crippen molar-refractivity contribution in [2.45, 2.75) is 0 Å². The fraction of sp³-hybridized carbons (Fsp3) is 0.200. The van der Waals surface area contributed by atoms with E-state index in [-0.39, 0.29) is 5.91 Å². The number of rotatable bonds is 3. The number of amides is 1. The molecule has 0 atom stereocenters. The topological polar surface area (TPSA) is 46.3 Å². The van der Waals surface area contributed by atoms with E-state index >= 15 is 0 Å². The minimum atomic E-state index is -0.0709. The Hall–Kier alpha value is -1.42. The van der Waals surface area contributed by atoms with Gasteiger partial charge < -0.3 is 10.6 Å². The molecule has 0 aromatic heterocycles. The number of benzene rings is 1. The van der Waals surface area contributed by atoms with E-state index in [1.807, 2.05) is 18.2 Å². The lowest BCUT2D eigenvalue weighted by Crippen LogP contribution is -2.34. The number of likely N-dealkylation sites (N-methyl/N-ethyl adjacent to an activating group) is 1. The average Bonchev–Trinajstić information content (AvgIpc) is 2.17. The van der Waals surface area contributed by atoms with Gasteiger partial charge in [0, 0.05) is 12.6 Å². The van der Waals surface area contributed by atoms with Crippen molar-refractivity contribution in [3.05, 3.63) is 35.9 Å². The summed E-state index contributed by atoms with van der Waals surface area (Å²) in [6.45, 7) is 0.309. The summed E-state index contributed by atoms with van der Waals surface area (Å²) < 4.78 is 0. The van der Waals surface area contributed by atoms with Gasteiger partial charge in [-0.2, -0.15) is 0 Å². The molecular weight excluding hydrogens is 196 g/mol. The number of nitrogens with zero attached hydrogens (tertiary/aromatic N) is 1. The Morgan fingerprint density at radius 3 is 2.50 bits per heavy atom. The molecule has 0 unspecified atom stereocenters. The summed E-state index contributed by atoms with van der Waals surface area (Å²) in [5.74, 6) is -0.0709. The third-order valence-corrected chi connectivity index (χ3v) is 1.89. The molecule has 0 fully saturated rings. The molecule has 0 heterocycles. The van der Waals surface area contributed by atoms with Crippen LogP contribution < -0.4 is 5.73 Å². The van der Waals surface area contributed by atoms with Crippen molar-refractivity contribution in [1.29, 1.82) is 0 Å². The van der Waals surface area contributed by atoms with Crippen LogP contribution in [-0.2, 0) is 0 Å². The zero-order valence-electron chi connectivity index (χ0n) is 7.93. The van der Waals surface area contributed by atoms with Crippen molar-refractivity contribution >= 4 is 23.1 Å². The van der Waals surface area contributed by atoms with Gasteiger partial charge in [-0.05, 0) is 12.1 Å². The SMILES string of the molecule is CN(CC(N)=S)C(=O)c1ccccc1. The second-order valence-electron chi connectivity index (χ2n) is 2.99. The standard InChI is InChI=1S/C10H12N2OS/c1-12(7-9(11)14)10(13)8-5-3-2-4-6-8/h2-6H,7H2,1H3,(H2,11,14). The summed E-state index contributed by atoms with van der Waals surface area (Å²) >= 11 is 4.72. The van der Waals surface area contributed by atoms with Crippen LogP contribution in [0.5, 0.6) is 0 Å². The fourth-order valence-electron chi connectivity index (χ4n) is 1.11. The minimum Gasteiger partial charge on any atom is -0.392 e. The van der Waals surface area contributed by atoms with Crippen molar-refractivity contribution in [2.75, 3.05) is 13.6 Å². The van der Waals surface area contributed by atoms with Crippen LogP contribution in [0.4, 0.5) is 0 Å². The molecule has 1 aromatic rings. The molecule has 0 radical (unpaired) electrons. The third-order valence-electron chi connectivity index (χ3n) is 1.76. The van der Waals surface area contributed by atoms with Crippen LogP contribution in [0.1, 0.15) is 10.4 Å². The molecular formula is C10H12N2OS. The van der Waals surface area contributed by atoms with Crippen molar-refractivity contribution in [3.63, 3.8) is 0 Å². The number of thiocarbonyl (C=S) groups is 1. The Balaban J connectivity index is 2.71. The second kappa shape index (κ2) is 4.72. The summed E-state index contributed by atoms with van der Waals surface area (Å²) in [7, 11) is 1.68. The highest BCUT2D eigenvalue weighted by molar-refractivity contribution is 7.80. The van der Waals surface area contributed by atoms with Crippen LogP contribution in [0.2, 0.25) is 0 Å². The van der Waals surface area contributed by atoms with Crippen molar-refractivity contribution in [1.82, 2.24) is 4.90 Å². The van der Waals surface area contributed by atoms with Gasteiger partial charge in [0.15, 0.2) is 0 Å². The van der Waals surface area contributed by atoms with Crippen molar-refractivity contribution in [3.8, 4) is 0 Å². The van der Waals surface area contributed by atoms with Crippen molar-refractivity contribution in [2.24, 2.45) is 5.73 Å². The first-order valence-corrected chi connectivity index (χ1v) is 4.61. The van der Waals surface area contributed by atoms with Gasteiger partial charge in [-0.1, -0.05) is 30.4 Å². The van der Waals surface area contributed by atoms with Crippen LogP contribution in [0.3, 0.4) is 0 Å². The Morgan fingerprint density at radius 2 is 2.00 bits per heavy atom. The lowest BCUT2D eigenvalue weighted by atomic mass is 10.2. The molecule has 0 saturated heterocycles. The molecule has 4 heteroatoms. The van der Waals surface area contributed by atoms with Gasteiger partial charge in [0.1, 0.15) is 0 Å². The maximum Gasteiger partial charge on any atom is 0.253 e. The molecule has 74 valence electrons. The summed E-state index contributed by atoms with van der Waals surface area (Å²) in [5, 5.41) is 0. The molecule has 1 amide bonds. The highest BCUT2D eigenvalue weighted by atomic mass is 32.1. The highest BCUT2D eigenvalue weighted by Crippen LogP contribution is 2.02. The number of carbonyl (C=O) groups is 1. The molecule has 1 rings (SSSR count). The van der Waals surface area contributed by atoms with E-state index in [1.54, 1.807) is 19.2 Å². The Kier molecular flexibility index (Phi) is 3.59. The molecule has 14 heavy (non-hydrogen) atoms. The maximum absolute atomic E-state index is 11.7. The van der Waals surface area contributed by atoms with Crippen LogP contribution in [0.15, 0.2) is 30.3 Å². The molecule has 2 N–H and O–H groups in total. The molecule has 0 aliphatic rings. The minimum absolute atomic E-state index is 0.0709.